The van der Waals surface area contributed by atoms with Gasteiger partial charge in [-0.05, 0) is 25.8 Å². The first kappa shape index (κ1) is 17.5. The van der Waals surface area contributed by atoms with Gasteiger partial charge < -0.3 is 18.9 Å². The Hall–Kier alpha value is -2.32. The Balaban J connectivity index is 1.62. The molecule has 0 spiro atoms. The molecule has 0 radical (unpaired) electrons. The summed E-state index contributed by atoms with van der Waals surface area (Å²) in [6, 6.07) is 1.89. The van der Waals surface area contributed by atoms with Gasteiger partial charge in [0.05, 0.1) is 24.9 Å². The van der Waals surface area contributed by atoms with E-state index in [1.54, 1.807) is 25.1 Å². The minimum Gasteiger partial charge on any atom is -0.380 e. The maximum absolute atomic E-state index is 12.8. The van der Waals surface area contributed by atoms with Crippen LogP contribution in [0.1, 0.15) is 33.9 Å². The van der Waals surface area contributed by atoms with Crippen LogP contribution in [0.25, 0.3) is 0 Å². The molecular formula is C17H22N4O4. The van der Waals surface area contributed by atoms with Crippen molar-refractivity contribution in [3.63, 3.8) is 0 Å². The monoisotopic (exact) mass is 346 g/mol. The molecule has 134 valence electrons. The van der Waals surface area contributed by atoms with Crippen molar-refractivity contribution >= 4 is 5.91 Å². The van der Waals surface area contributed by atoms with Crippen LogP contribution in [0.4, 0.5) is 0 Å². The molecule has 0 unspecified atom stereocenters. The molecule has 1 amide bonds. The molecule has 0 aromatic carbocycles. The number of carbonyl (C=O) groups excluding carboxylic acids is 1. The molecule has 3 rings (SSSR count). The lowest BCUT2D eigenvalue weighted by Gasteiger charge is -2.32. The van der Waals surface area contributed by atoms with E-state index < -0.39 is 0 Å². The van der Waals surface area contributed by atoms with Crippen molar-refractivity contribution in [1.29, 1.82) is 0 Å². The number of carbonyl (C=O) groups is 1. The highest BCUT2D eigenvalue weighted by molar-refractivity contribution is 5.93. The summed E-state index contributed by atoms with van der Waals surface area (Å²) in [7, 11) is 1.58. The summed E-state index contributed by atoms with van der Waals surface area (Å²) in [5.74, 6) is 0.470. The van der Waals surface area contributed by atoms with Crippen LogP contribution in [0, 0.1) is 6.92 Å². The van der Waals surface area contributed by atoms with Crippen LogP contribution in [0.3, 0.4) is 0 Å². The lowest BCUT2D eigenvalue weighted by atomic mass is 10.1. The summed E-state index contributed by atoms with van der Waals surface area (Å²) in [5, 5.41) is 3.92. The lowest BCUT2D eigenvalue weighted by molar-refractivity contribution is -0.0250. The average molecular weight is 346 g/mol. The number of aryl methyl sites for hydroxylation is 2. The first-order valence-corrected chi connectivity index (χ1v) is 8.29. The molecule has 2 aromatic rings. The van der Waals surface area contributed by atoms with Crippen LogP contribution in [-0.4, -0.2) is 58.8 Å². The highest BCUT2D eigenvalue weighted by Crippen LogP contribution is 2.19. The minimum absolute atomic E-state index is 0.0217. The van der Waals surface area contributed by atoms with Crippen molar-refractivity contribution in [2.75, 3.05) is 26.8 Å². The Bertz CT molecular complexity index is 704. The third-order valence-corrected chi connectivity index (χ3v) is 4.27. The van der Waals surface area contributed by atoms with Crippen molar-refractivity contribution in [2.45, 2.75) is 32.5 Å². The predicted octanol–water partition coefficient (Wildman–Crippen LogP) is 1.39. The summed E-state index contributed by atoms with van der Waals surface area (Å²) >= 11 is 0. The summed E-state index contributed by atoms with van der Waals surface area (Å²) in [6.07, 6.45) is 4.82. The Morgan fingerprint density at radius 3 is 3.12 bits per heavy atom. The number of nitrogens with zero attached hydrogens (tertiary/aromatic N) is 4. The van der Waals surface area contributed by atoms with E-state index in [-0.39, 0.29) is 12.0 Å². The van der Waals surface area contributed by atoms with Crippen molar-refractivity contribution < 1.29 is 18.8 Å². The van der Waals surface area contributed by atoms with Gasteiger partial charge in [-0.3, -0.25) is 4.79 Å². The fraction of sp³-hybridized carbons (Fsp3) is 0.529. The Morgan fingerprint density at radius 1 is 1.48 bits per heavy atom. The van der Waals surface area contributed by atoms with Crippen molar-refractivity contribution in [1.82, 2.24) is 20.0 Å². The summed E-state index contributed by atoms with van der Waals surface area (Å²) in [4.78, 5) is 22.7. The molecule has 0 aliphatic carbocycles. The zero-order valence-electron chi connectivity index (χ0n) is 14.5. The number of amides is 1. The molecular weight excluding hydrogens is 324 g/mol. The van der Waals surface area contributed by atoms with Gasteiger partial charge in [0.25, 0.3) is 5.91 Å². The SMILES string of the molecule is COCc1c(C(=O)N2CCO[C@@H](CCc3ccncn3)C2)noc1C. The van der Waals surface area contributed by atoms with Gasteiger partial charge in [0.2, 0.25) is 0 Å². The van der Waals surface area contributed by atoms with E-state index in [0.717, 1.165) is 18.5 Å². The number of hydrogen-bond acceptors (Lipinski definition) is 7. The molecule has 2 aromatic heterocycles. The molecule has 1 atom stereocenters. The summed E-state index contributed by atoms with van der Waals surface area (Å²) in [6.45, 7) is 3.67. The first-order chi connectivity index (χ1) is 12.2. The highest BCUT2D eigenvalue weighted by atomic mass is 16.5. The largest absolute Gasteiger partial charge is 0.380 e. The number of ether oxygens (including phenoxy) is 2. The number of morpholine rings is 1. The molecule has 0 bridgehead atoms. The predicted molar refractivity (Wildman–Crippen MR) is 87.9 cm³/mol. The minimum atomic E-state index is -0.140. The zero-order valence-corrected chi connectivity index (χ0v) is 14.5. The van der Waals surface area contributed by atoms with Gasteiger partial charge in [0.15, 0.2) is 5.69 Å². The second-order valence-electron chi connectivity index (χ2n) is 5.98. The highest BCUT2D eigenvalue weighted by Gasteiger charge is 2.29. The van der Waals surface area contributed by atoms with Crippen LogP contribution < -0.4 is 0 Å². The molecule has 1 aliphatic heterocycles. The zero-order chi connectivity index (χ0) is 17.6. The molecule has 0 saturated carbocycles. The number of hydrogen-bond donors (Lipinski definition) is 0. The molecule has 8 heteroatoms. The van der Waals surface area contributed by atoms with Crippen molar-refractivity contribution in [3.05, 3.63) is 41.3 Å². The van der Waals surface area contributed by atoms with Crippen LogP contribution in [0.2, 0.25) is 0 Å². The molecule has 8 nitrogen and oxygen atoms in total. The quantitative estimate of drug-likeness (QED) is 0.780. The van der Waals surface area contributed by atoms with E-state index >= 15 is 0 Å². The third-order valence-electron chi connectivity index (χ3n) is 4.27. The molecule has 1 aliphatic rings. The van der Waals surface area contributed by atoms with Crippen LogP contribution in [-0.2, 0) is 22.5 Å². The van der Waals surface area contributed by atoms with Gasteiger partial charge in [0.1, 0.15) is 12.1 Å². The number of aromatic nitrogens is 3. The second-order valence-corrected chi connectivity index (χ2v) is 5.98. The van der Waals surface area contributed by atoms with Gasteiger partial charge in [-0.15, -0.1) is 0 Å². The Morgan fingerprint density at radius 2 is 2.36 bits per heavy atom. The van der Waals surface area contributed by atoms with Gasteiger partial charge in [-0.2, -0.15) is 0 Å². The van der Waals surface area contributed by atoms with Crippen molar-refractivity contribution in [2.24, 2.45) is 0 Å². The van der Waals surface area contributed by atoms with E-state index in [2.05, 4.69) is 15.1 Å². The normalized spacial score (nSPS) is 17.7. The van der Waals surface area contributed by atoms with Crippen LogP contribution >= 0.6 is 0 Å². The smallest absolute Gasteiger partial charge is 0.276 e. The fourth-order valence-corrected chi connectivity index (χ4v) is 2.88. The summed E-state index contributed by atoms with van der Waals surface area (Å²) in [5.41, 5.74) is 2.00. The van der Waals surface area contributed by atoms with E-state index in [1.165, 1.54) is 6.33 Å². The number of rotatable bonds is 6. The van der Waals surface area contributed by atoms with E-state index in [1.807, 2.05) is 6.07 Å². The average Bonchev–Trinajstić information content (AvgIpc) is 3.01. The van der Waals surface area contributed by atoms with E-state index in [0.29, 0.717) is 43.3 Å². The van der Waals surface area contributed by atoms with Crippen LogP contribution in [0.15, 0.2) is 23.1 Å². The molecule has 0 N–H and O–H groups in total. The van der Waals surface area contributed by atoms with E-state index in [9.17, 15) is 4.79 Å². The maximum Gasteiger partial charge on any atom is 0.276 e. The van der Waals surface area contributed by atoms with E-state index in [4.69, 9.17) is 14.0 Å². The van der Waals surface area contributed by atoms with Gasteiger partial charge in [-0.25, -0.2) is 9.97 Å². The molecule has 3 heterocycles. The Labute approximate surface area is 146 Å². The second kappa shape index (κ2) is 8.17. The van der Waals surface area contributed by atoms with Crippen LogP contribution in [0.5, 0.6) is 0 Å². The first-order valence-electron chi connectivity index (χ1n) is 8.29. The topological polar surface area (TPSA) is 90.6 Å². The van der Waals surface area contributed by atoms with Gasteiger partial charge >= 0.3 is 0 Å². The third kappa shape index (κ3) is 4.21. The van der Waals surface area contributed by atoms with Gasteiger partial charge in [-0.1, -0.05) is 5.16 Å². The molecule has 25 heavy (non-hydrogen) atoms. The molecule has 1 saturated heterocycles. The molecule has 1 fully saturated rings. The number of methoxy groups -OCH3 is 1. The van der Waals surface area contributed by atoms with Crippen molar-refractivity contribution in [3.8, 4) is 0 Å². The fourth-order valence-electron chi connectivity index (χ4n) is 2.88. The summed E-state index contributed by atoms with van der Waals surface area (Å²) < 4.78 is 16.1. The lowest BCUT2D eigenvalue weighted by Crippen LogP contribution is -2.46. The Kier molecular flexibility index (Phi) is 5.72. The maximum atomic E-state index is 12.8. The van der Waals surface area contributed by atoms with Gasteiger partial charge in [0, 0.05) is 32.1 Å². The standard InChI is InChI=1S/C17H22N4O4/c1-12-15(10-23-2)16(20-25-12)17(22)21-7-8-24-14(9-21)4-3-13-5-6-18-11-19-13/h5-6,11,14H,3-4,7-10H2,1-2H3/t14-/m0/s1.